The fourth-order valence-electron chi connectivity index (χ4n) is 1.83. The largest absolute Gasteiger partial charge is 0.496 e. The van der Waals surface area contributed by atoms with E-state index < -0.39 is 23.7 Å². The number of amides is 1. The third-order valence-corrected chi connectivity index (χ3v) is 2.72. The lowest BCUT2D eigenvalue weighted by atomic mass is 10.0. The summed E-state index contributed by atoms with van der Waals surface area (Å²) in [7, 11) is 1.48. The Morgan fingerprint density at radius 3 is 2.50 bits per heavy atom. The number of anilines is 1. The van der Waals surface area contributed by atoms with Crippen LogP contribution >= 0.6 is 0 Å². The van der Waals surface area contributed by atoms with E-state index in [4.69, 9.17) is 15.2 Å². The molecule has 1 rings (SSSR count). The molecule has 1 amide bonds. The van der Waals surface area contributed by atoms with Crippen LogP contribution in [0.25, 0.3) is 0 Å². The van der Waals surface area contributed by atoms with Crippen molar-refractivity contribution in [3.05, 3.63) is 23.8 Å². The normalized spacial score (nSPS) is 12.4. The molecule has 0 saturated carbocycles. The molecule has 7 heteroatoms. The molecule has 1 atom stereocenters. The van der Waals surface area contributed by atoms with Crippen molar-refractivity contribution < 1.29 is 24.2 Å². The fourth-order valence-corrected chi connectivity index (χ4v) is 1.83. The number of carbonyl (C=O) groups is 2. The minimum absolute atomic E-state index is 0.0305. The number of carboxylic acids is 1. The number of alkyl carbamates (subject to hydrolysis) is 1. The van der Waals surface area contributed by atoms with E-state index in [1.807, 2.05) is 0 Å². The van der Waals surface area contributed by atoms with Gasteiger partial charge < -0.3 is 25.6 Å². The molecule has 1 aromatic carbocycles. The van der Waals surface area contributed by atoms with E-state index in [9.17, 15) is 14.7 Å². The number of hydrogen-bond donors (Lipinski definition) is 3. The molecule has 122 valence electrons. The standard InChI is InChI=1S/C15H22N2O5/c1-15(2,3)22-14(20)17-11(13(18)19)8-9-7-10(16)5-6-12(9)21-4/h5-7,11H,8,16H2,1-4H3,(H,17,20)(H,18,19). The van der Waals surface area contributed by atoms with Crippen molar-refractivity contribution in [1.29, 1.82) is 0 Å². The van der Waals surface area contributed by atoms with Gasteiger partial charge in [0.2, 0.25) is 0 Å². The zero-order chi connectivity index (χ0) is 16.9. The number of carbonyl (C=O) groups excluding carboxylic acids is 1. The van der Waals surface area contributed by atoms with Crippen molar-refractivity contribution in [3.63, 3.8) is 0 Å². The Morgan fingerprint density at radius 1 is 1.36 bits per heavy atom. The van der Waals surface area contributed by atoms with Gasteiger partial charge in [-0.25, -0.2) is 9.59 Å². The van der Waals surface area contributed by atoms with Gasteiger partial charge >= 0.3 is 12.1 Å². The van der Waals surface area contributed by atoms with Gasteiger partial charge in [0.25, 0.3) is 0 Å². The van der Waals surface area contributed by atoms with E-state index in [1.165, 1.54) is 7.11 Å². The van der Waals surface area contributed by atoms with E-state index in [0.717, 1.165) is 0 Å². The number of hydrogen-bond acceptors (Lipinski definition) is 5. The number of rotatable bonds is 5. The Balaban J connectivity index is 2.87. The second kappa shape index (κ2) is 7.02. The van der Waals surface area contributed by atoms with E-state index in [1.54, 1.807) is 39.0 Å². The van der Waals surface area contributed by atoms with Gasteiger partial charge in [-0.2, -0.15) is 0 Å². The number of aliphatic carboxylic acids is 1. The number of benzene rings is 1. The number of nitrogens with two attached hydrogens (primary N) is 1. The smallest absolute Gasteiger partial charge is 0.408 e. The Labute approximate surface area is 129 Å². The number of carboxylic acid groups (broad SMARTS) is 1. The van der Waals surface area contributed by atoms with Crippen LogP contribution in [0.3, 0.4) is 0 Å². The van der Waals surface area contributed by atoms with Gasteiger partial charge in [-0.1, -0.05) is 0 Å². The third kappa shape index (κ3) is 5.51. The van der Waals surface area contributed by atoms with E-state index >= 15 is 0 Å². The molecule has 0 fully saturated rings. The minimum Gasteiger partial charge on any atom is -0.496 e. The van der Waals surface area contributed by atoms with Crippen LogP contribution in [-0.2, 0) is 16.0 Å². The molecule has 22 heavy (non-hydrogen) atoms. The average molecular weight is 310 g/mol. The number of nitrogen functional groups attached to an aromatic ring is 1. The maximum absolute atomic E-state index is 11.7. The molecule has 0 aliphatic heterocycles. The van der Waals surface area contributed by atoms with E-state index in [0.29, 0.717) is 17.0 Å². The second-order valence-electron chi connectivity index (χ2n) is 5.81. The summed E-state index contributed by atoms with van der Waals surface area (Å²) in [4.78, 5) is 23.1. The molecule has 1 unspecified atom stereocenters. The predicted octanol–water partition coefficient (Wildman–Crippen LogP) is 1.80. The lowest BCUT2D eigenvalue weighted by Gasteiger charge is -2.22. The van der Waals surface area contributed by atoms with Crippen molar-refractivity contribution in [1.82, 2.24) is 5.32 Å². The van der Waals surface area contributed by atoms with Crippen LogP contribution < -0.4 is 15.8 Å². The van der Waals surface area contributed by atoms with Gasteiger partial charge in [0.15, 0.2) is 0 Å². The molecule has 1 aromatic rings. The van der Waals surface area contributed by atoms with Gasteiger partial charge in [-0.15, -0.1) is 0 Å². The van der Waals surface area contributed by atoms with Crippen LogP contribution in [0.1, 0.15) is 26.3 Å². The lowest BCUT2D eigenvalue weighted by Crippen LogP contribution is -2.44. The van der Waals surface area contributed by atoms with Crippen molar-refractivity contribution in [2.24, 2.45) is 0 Å². The molecule has 7 nitrogen and oxygen atoms in total. The number of nitrogens with one attached hydrogen (secondary N) is 1. The highest BCUT2D eigenvalue weighted by atomic mass is 16.6. The molecule has 0 aliphatic rings. The predicted molar refractivity (Wildman–Crippen MR) is 81.9 cm³/mol. The van der Waals surface area contributed by atoms with Gasteiger partial charge in [0, 0.05) is 12.1 Å². The van der Waals surface area contributed by atoms with Gasteiger partial charge in [0.05, 0.1) is 7.11 Å². The van der Waals surface area contributed by atoms with Gasteiger partial charge in [-0.05, 0) is 44.5 Å². The summed E-state index contributed by atoms with van der Waals surface area (Å²) in [6.45, 7) is 5.09. The van der Waals surface area contributed by atoms with Crippen LogP contribution in [0.4, 0.5) is 10.5 Å². The van der Waals surface area contributed by atoms with Crippen LogP contribution in [0.2, 0.25) is 0 Å². The second-order valence-corrected chi connectivity index (χ2v) is 5.81. The SMILES string of the molecule is COc1ccc(N)cc1CC(NC(=O)OC(C)(C)C)C(=O)O. The summed E-state index contributed by atoms with van der Waals surface area (Å²) < 4.78 is 10.2. The molecule has 4 N–H and O–H groups in total. The molecular weight excluding hydrogens is 288 g/mol. The average Bonchev–Trinajstić information content (AvgIpc) is 2.35. The maximum Gasteiger partial charge on any atom is 0.408 e. The Hall–Kier alpha value is -2.44. The molecule has 0 aromatic heterocycles. The Kier molecular flexibility index (Phi) is 5.62. The van der Waals surface area contributed by atoms with Gasteiger partial charge in [-0.3, -0.25) is 0 Å². The van der Waals surface area contributed by atoms with Crippen LogP contribution in [0, 0.1) is 0 Å². The summed E-state index contributed by atoms with van der Waals surface area (Å²) in [6.07, 6.45) is -0.759. The zero-order valence-electron chi connectivity index (χ0n) is 13.2. The molecule has 0 radical (unpaired) electrons. The van der Waals surface area contributed by atoms with Crippen molar-refractivity contribution >= 4 is 17.7 Å². The van der Waals surface area contributed by atoms with Crippen LogP contribution in [0.15, 0.2) is 18.2 Å². The minimum atomic E-state index is -1.17. The first kappa shape index (κ1) is 17.6. The summed E-state index contributed by atoms with van der Waals surface area (Å²) in [5, 5.41) is 11.6. The molecular formula is C15H22N2O5. The first-order valence-corrected chi connectivity index (χ1v) is 6.77. The lowest BCUT2D eigenvalue weighted by molar-refractivity contribution is -0.139. The topological polar surface area (TPSA) is 111 Å². The zero-order valence-corrected chi connectivity index (χ0v) is 13.2. The van der Waals surface area contributed by atoms with Crippen LogP contribution in [0.5, 0.6) is 5.75 Å². The molecule has 0 aliphatic carbocycles. The van der Waals surface area contributed by atoms with E-state index in [2.05, 4.69) is 5.32 Å². The summed E-state index contributed by atoms with van der Waals surface area (Å²) in [6, 6.07) is 3.77. The Bertz CT molecular complexity index is 551. The highest BCUT2D eigenvalue weighted by Gasteiger charge is 2.25. The monoisotopic (exact) mass is 310 g/mol. The van der Waals surface area contributed by atoms with Crippen molar-refractivity contribution in [3.8, 4) is 5.75 Å². The molecule has 0 saturated heterocycles. The van der Waals surface area contributed by atoms with Crippen molar-refractivity contribution in [2.75, 3.05) is 12.8 Å². The molecule has 0 bridgehead atoms. The van der Waals surface area contributed by atoms with Crippen molar-refractivity contribution in [2.45, 2.75) is 38.8 Å². The first-order valence-electron chi connectivity index (χ1n) is 6.77. The fraction of sp³-hybridized carbons (Fsp3) is 0.467. The van der Waals surface area contributed by atoms with Crippen LogP contribution in [-0.4, -0.2) is 35.9 Å². The maximum atomic E-state index is 11.7. The molecule has 0 heterocycles. The Morgan fingerprint density at radius 2 is 2.00 bits per heavy atom. The quantitative estimate of drug-likeness (QED) is 0.715. The number of methoxy groups -OCH3 is 1. The summed E-state index contributed by atoms with van der Waals surface area (Å²) in [5.74, 6) is -0.665. The van der Waals surface area contributed by atoms with Gasteiger partial charge in [0.1, 0.15) is 17.4 Å². The third-order valence-electron chi connectivity index (χ3n) is 2.72. The number of ether oxygens (including phenoxy) is 2. The first-order chi connectivity index (χ1) is 10.1. The highest BCUT2D eigenvalue weighted by Crippen LogP contribution is 2.22. The molecule has 0 spiro atoms. The highest BCUT2D eigenvalue weighted by molar-refractivity contribution is 5.80. The summed E-state index contributed by atoms with van der Waals surface area (Å²) in [5.41, 5.74) is 6.07. The summed E-state index contributed by atoms with van der Waals surface area (Å²) >= 11 is 0. The van der Waals surface area contributed by atoms with E-state index in [-0.39, 0.29) is 6.42 Å².